The number of anilines is 1. The average molecular weight is 404 g/mol. The van der Waals surface area contributed by atoms with Crippen LogP contribution in [0.4, 0.5) is 10.5 Å². The lowest BCUT2D eigenvalue weighted by atomic mass is 10.1. The highest BCUT2D eigenvalue weighted by molar-refractivity contribution is 6.06. The maximum absolute atomic E-state index is 12.3. The Morgan fingerprint density at radius 1 is 0.933 bits per heavy atom. The predicted octanol–water partition coefficient (Wildman–Crippen LogP) is 3.44. The van der Waals surface area contributed by atoms with Crippen LogP contribution < -0.4 is 10.6 Å². The smallest absolute Gasteiger partial charge is 0.407 e. The first kappa shape index (κ1) is 20.5. The topological polar surface area (TPSA) is 113 Å². The van der Waals surface area contributed by atoms with Gasteiger partial charge in [-0.25, -0.2) is 4.79 Å². The normalized spacial score (nSPS) is 10.9. The molecule has 0 unspecified atom stereocenters. The molecule has 0 atom stereocenters. The molecule has 3 rings (SSSR count). The molecule has 0 aliphatic rings. The van der Waals surface area contributed by atoms with Crippen LogP contribution in [-0.2, 0) is 11.3 Å². The van der Waals surface area contributed by atoms with Crippen LogP contribution in [0.5, 0.6) is 0 Å². The minimum atomic E-state index is -0.631. The van der Waals surface area contributed by atoms with E-state index in [0.29, 0.717) is 16.8 Å². The molecule has 3 N–H and O–H groups in total. The zero-order valence-corrected chi connectivity index (χ0v) is 16.0. The molecule has 0 spiro atoms. The highest BCUT2D eigenvalue weighted by Gasteiger charge is 2.11. The van der Waals surface area contributed by atoms with Crippen molar-refractivity contribution >= 4 is 23.4 Å². The molecule has 0 aliphatic heterocycles. The van der Waals surface area contributed by atoms with Gasteiger partial charge < -0.3 is 20.6 Å². The number of hydrogen-bond acceptors (Lipinski definition) is 6. The van der Waals surface area contributed by atoms with Crippen LogP contribution in [0, 0.1) is 0 Å². The van der Waals surface area contributed by atoms with Crippen LogP contribution in [0.25, 0.3) is 0 Å². The highest BCUT2D eigenvalue weighted by atomic mass is 16.5. The van der Waals surface area contributed by atoms with Crippen molar-refractivity contribution in [3.05, 3.63) is 95.8 Å². The summed E-state index contributed by atoms with van der Waals surface area (Å²) in [4.78, 5) is 28.0. The zero-order chi connectivity index (χ0) is 21.2. The van der Waals surface area contributed by atoms with E-state index in [2.05, 4.69) is 20.8 Å². The van der Waals surface area contributed by atoms with Crippen LogP contribution in [0.15, 0.2) is 84.3 Å². The highest BCUT2D eigenvalue weighted by Crippen LogP contribution is 2.10. The molecule has 0 saturated heterocycles. The van der Waals surface area contributed by atoms with Gasteiger partial charge in [0.1, 0.15) is 12.3 Å². The van der Waals surface area contributed by atoms with Crippen LogP contribution in [-0.4, -0.2) is 34.4 Å². The summed E-state index contributed by atoms with van der Waals surface area (Å²) in [5.74, 6) is -0.280. The maximum Gasteiger partial charge on any atom is 0.407 e. The Bertz CT molecular complexity index is 1010. The van der Waals surface area contributed by atoms with Gasteiger partial charge in [0.05, 0.1) is 6.54 Å². The van der Waals surface area contributed by atoms with E-state index in [-0.39, 0.29) is 24.8 Å². The molecule has 152 valence electrons. The van der Waals surface area contributed by atoms with Gasteiger partial charge in [0.2, 0.25) is 0 Å². The van der Waals surface area contributed by atoms with Crippen LogP contribution in [0.3, 0.4) is 0 Å². The molecular weight excluding hydrogens is 384 g/mol. The number of pyridine rings is 1. The second-order valence-corrected chi connectivity index (χ2v) is 6.23. The molecule has 1 heterocycles. The van der Waals surface area contributed by atoms with E-state index < -0.39 is 6.09 Å². The Morgan fingerprint density at radius 3 is 2.27 bits per heavy atom. The molecule has 8 nitrogen and oxygen atoms in total. The third kappa shape index (κ3) is 5.90. The van der Waals surface area contributed by atoms with Gasteiger partial charge in [-0.05, 0) is 29.8 Å². The van der Waals surface area contributed by atoms with Gasteiger partial charge >= 0.3 is 6.09 Å². The molecule has 0 saturated carbocycles. The monoisotopic (exact) mass is 404 g/mol. The first-order chi connectivity index (χ1) is 14.7. The number of alkyl carbamates (subject to hydrolysis) is 1. The van der Waals surface area contributed by atoms with Gasteiger partial charge in [-0.2, -0.15) is 0 Å². The van der Waals surface area contributed by atoms with Crippen molar-refractivity contribution in [3.8, 4) is 0 Å². The molecule has 1 aromatic heterocycles. The Kier molecular flexibility index (Phi) is 7.10. The van der Waals surface area contributed by atoms with Gasteiger partial charge in [0, 0.05) is 29.2 Å². The van der Waals surface area contributed by atoms with Gasteiger partial charge in [-0.3, -0.25) is 9.78 Å². The Labute approximate surface area is 173 Å². The third-order valence-corrected chi connectivity index (χ3v) is 4.15. The lowest BCUT2D eigenvalue weighted by molar-refractivity contribution is 0.102. The van der Waals surface area contributed by atoms with Crippen molar-refractivity contribution in [2.24, 2.45) is 5.16 Å². The minimum absolute atomic E-state index is 0.0350. The Morgan fingerprint density at radius 2 is 1.60 bits per heavy atom. The molecule has 2 aromatic carbocycles. The number of nitrogens with one attached hydrogen (secondary N) is 2. The van der Waals surface area contributed by atoms with Gasteiger partial charge in [-0.1, -0.05) is 47.6 Å². The Hall–Kier alpha value is -4.20. The summed E-state index contributed by atoms with van der Waals surface area (Å²) >= 11 is 0. The standard InChI is InChI=1S/C22H20N4O4/c27-21(25-19-10-12-23-13-11-19)18-8-6-17(7-9-18)20(26-29)14-24-22(28)30-15-16-4-2-1-3-5-16/h1-13,29H,14-15H2,(H,24,28)(H,23,25,27). The number of carbonyl (C=O) groups is 2. The minimum Gasteiger partial charge on any atom is -0.445 e. The maximum atomic E-state index is 12.3. The van der Waals surface area contributed by atoms with E-state index in [1.54, 1.807) is 48.8 Å². The summed E-state index contributed by atoms with van der Waals surface area (Å²) in [5.41, 5.74) is 2.72. The molecule has 2 amide bonds. The SMILES string of the molecule is O=C(NCC(=NO)c1ccc(C(=O)Nc2ccncc2)cc1)OCc1ccccc1. The van der Waals surface area contributed by atoms with Crippen LogP contribution in [0.1, 0.15) is 21.5 Å². The number of carbonyl (C=O) groups excluding carboxylic acids is 2. The van der Waals surface area contributed by atoms with Crippen molar-refractivity contribution in [2.45, 2.75) is 6.61 Å². The lowest BCUT2D eigenvalue weighted by Crippen LogP contribution is -2.30. The first-order valence-electron chi connectivity index (χ1n) is 9.13. The summed E-state index contributed by atoms with van der Waals surface area (Å²) in [7, 11) is 0. The number of ether oxygens (including phenoxy) is 1. The molecule has 0 bridgehead atoms. The molecule has 0 aliphatic carbocycles. The second kappa shape index (κ2) is 10.4. The molecule has 3 aromatic rings. The molecule has 0 radical (unpaired) electrons. The van der Waals surface area contributed by atoms with E-state index >= 15 is 0 Å². The van der Waals surface area contributed by atoms with Gasteiger partial charge in [0.15, 0.2) is 0 Å². The zero-order valence-electron chi connectivity index (χ0n) is 16.0. The van der Waals surface area contributed by atoms with Crippen molar-refractivity contribution in [1.29, 1.82) is 0 Å². The fraction of sp³-hybridized carbons (Fsp3) is 0.0909. The number of aromatic nitrogens is 1. The third-order valence-electron chi connectivity index (χ3n) is 4.15. The van der Waals surface area contributed by atoms with Crippen molar-refractivity contribution < 1.29 is 19.5 Å². The van der Waals surface area contributed by atoms with Gasteiger partial charge in [0.25, 0.3) is 5.91 Å². The molecule has 8 heteroatoms. The van der Waals surface area contributed by atoms with Crippen LogP contribution in [0.2, 0.25) is 0 Å². The number of amides is 2. The van der Waals surface area contributed by atoms with Crippen LogP contribution >= 0.6 is 0 Å². The molecule has 0 fully saturated rings. The summed E-state index contributed by atoms with van der Waals surface area (Å²) in [6.45, 7) is 0.103. The first-order valence-corrected chi connectivity index (χ1v) is 9.13. The van der Waals surface area contributed by atoms with E-state index in [0.717, 1.165) is 5.56 Å². The number of benzene rings is 2. The molecule has 30 heavy (non-hydrogen) atoms. The van der Waals surface area contributed by atoms with Crippen molar-refractivity contribution in [1.82, 2.24) is 10.3 Å². The van der Waals surface area contributed by atoms with E-state index in [1.807, 2.05) is 30.3 Å². The largest absolute Gasteiger partial charge is 0.445 e. The van der Waals surface area contributed by atoms with E-state index in [1.165, 1.54) is 0 Å². The van der Waals surface area contributed by atoms with Gasteiger partial charge in [-0.15, -0.1) is 0 Å². The second-order valence-electron chi connectivity index (χ2n) is 6.23. The number of rotatable bonds is 7. The fourth-order valence-corrected chi connectivity index (χ4v) is 2.58. The Balaban J connectivity index is 1.52. The number of oxime groups is 1. The predicted molar refractivity (Wildman–Crippen MR) is 112 cm³/mol. The van der Waals surface area contributed by atoms with Crippen molar-refractivity contribution in [3.63, 3.8) is 0 Å². The van der Waals surface area contributed by atoms with Crippen molar-refractivity contribution in [2.75, 3.05) is 11.9 Å². The summed E-state index contributed by atoms with van der Waals surface area (Å²) in [6, 6.07) is 19.1. The number of hydrogen-bond donors (Lipinski definition) is 3. The summed E-state index contributed by atoms with van der Waals surface area (Å²) in [6.07, 6.45) is 2.54. The summed E-state index contributed by atoms with van der Waals surface area (Å²) in [5, 5.41) is 17.8. The fourth-order valence-electron chi connectivity index (χ4n) is 2.58. The van der Waals surface area contributed by atoms with E-state index in [4.69, 9.17) is 4.74 Å². The number of nitrogens with zero attached hydrogens (tertiary/aromatic N) is 2. The quantitative estimate of drug-likeness (QED) is 0.317. The van der Waals surface area contributed by atoms with E-state index in [9.17, 15) is 14.8 Å². The molecular formula is C22H20N4O4. The average Bonchev–Trinajstić information content (AvgIpc) is 2.80. The lowest BCUT2D eigenvalue weighted by Gasteiger charge is -2.09. The summed E-state index contributed by atoms with van der Waals surface area (Å²) < 4.78 is 5.12.